The van der Waals surface area contributed by atoms with Gasteiger partial charge in [-0.2, -0.15) is 13.6 Å². The number of ether oxygens (including phenoxy) is 1. The molecule has 0 aromatic carbocycles. The minimum absolute atomic E-state index is 0.0625. The molecule has 2 heterocycles. The summed E-state index contributed by atoms with van der Waals surface area (Å²) in [5, 5.41) is 10.3. The predicted octanol–water partition coefficient (Wildman–Crippen LogP) is -1.85. The maximum absolute atomic E-state index is 11.9. The SMILES string of the molecule is NC[C@]1(COP(=O)(O)OP(=O)(O)OP(=O)(O)O)O[C@@H](n2ccc(N)nc2=O)C[C@@H]1O. The molecule has 20 heteroatoms. The summed E-state index contributed by atoms with van der Waals surface area (Å²) < 4.78 is 52.0. The summed E-state index contributed by atoms with van der Waals surface area (Å²) in [4.78, 5) is 51.1. The molecule has 172 valence electrons. The molecule has 2 unspecified atom stereocenters. The fourth-order valence-electron chi connectivity index (χ4n) is 2.49. The molecule has 30 heavy (non-hydrogen) atoms. The first-order valence-corrected chi connectivity index (χ1v) is 12.3. The summed E-state index contributed by atoms with van der Waals surface area (Å²) in [6, 6.07) is 1.28. The van der Waals surface area contributed by atoms with Crippen LogP contribution in [0.25, 0.3) is 0 Å². The van der Waals surface area contributed by atoms with E-state index >= 15 is 0 Å². The maximum atomic E-state index is 11.9. The van der Waals surface area contributed by atoms with Gasteiger partial charge in [0.15, 0.2) is 0 Å². The number of nitrogens with zero attached hydrogens (tertiary/aromatic N) is 2. The maximum Gasteiger partial charge on any atom is 0.490 e. The molecule has 1 aliphatic rings. The van der Waals surface area contributed by atoms with Crippen molar-refractivity contribution >= 4 is 29.3 Å². The Kier molecular flexibility index (Phi) is 7.44. The highest BCUT2D eigenvalue weighted by molar-refractivity contribution is 7.66. The van der Waals surface area contributed by atoms with Crippen molar-refractivity contribution in [3.63, 3.8) is 0 Å². The second-order valence-corrected chi connectivity index (χ2v) is 10.4. The molecule has 0 saturated carbocycles. The lowest BCUT2D eigenvalue weighted by atomic mass is 9.98. The number of rotatable bonds is 9. The lowest BCUT2D eigenvalue weighted by Crippen LogP contribution is -2.50. The van der Waals surface area contributed by atoms with Gasteiger partial charge < -0.3 is 40.9 Å². The number of phosphoric acid groups is 3. The van der Waals surface area contributed by atoms with E-state index in [1.54, 1.807) is 0 Å². The summed E-state index contributed by atoms with van der Waals surface area (Å²) in [6.07, 6.45) is -1.54. The zero-order valence-electron chi connectivity index (χ0n) is 14.8. The summed E-state index contributed by atoms with van der Waals surface area (Å²) in [7, 11) is -16.7. The zero-order valence-corrected chi connectivity index (χ0v) is 17.5. The normalized spacial score (nSPS) is 28.7. The van der Waals surface area contributed by atoms with Crippen LogP contribution in [0.1, 0.15) is 12.6 Å². The van der Waals surface area contributed by atoms with Crippen LogP contribution in [0.15, 0.2) is 17.1 Å². The number of nitrogen functional groups attached to an aromatic ring is 1. The molecule has 0 aliphatic carbocycles. The van der Waals surface area contributed by atoms with Crippen LogP contribution in [-0.4, -0.2) is 59.1 Å². The van der Waals surface area contributed by atoms with Gasteiger partial charge in [-0.05, 0) is 6.07 Å². The van der Waals surface area contributed by atoms with Crippen molar-refractivity contribution in [2.24, 2.45) is 5.73 Å². The van der Waals surface area contributed by atoms with Crippen molar-refractivity contribution in [2.45, 2.75) is 24.4 Å². The predicted molar refractivity (Wildman–Crippen MR) is 95.3 cm³/mol. The third-order valence-corrected chi connectivity index (χ3v) is 7.58. The molecule has 0 amide bonds. The Morgan fingerprint density at radius 2 is 1.87 bits per heavy atom. The highest BCUT2D eigenvalue weighted by Crippen LogP contribution is 2.66. The third-order valence-electron chi connectivity index (χ3n) is 3.80. The van der Waals surface area contributed by atoms with E-state index < -0.39 is 60.2 Å². The van der Waals surface area contributed by atoms with Gasteiger partial charge >= 0.3 is 29.2 Å². The van der Waals surface area contributed by atoms with Crippen LogP contribution in [0.2, 0.25) is 0 Å². The summed E-state index contributed by atoms with van der Waals surface area (Å²) in [6.45, 7) is -1.49. The van der Waals surface area contributed by atoms with Crippen molar-refractivity contribution in [1.29, 1.82) is 0 Å². The van der Waals surface area contributed by atoms with Crippen molar-refractivity contribution in [3.05, 3.63) is 22.7 Å². The largest absolute Gasteiger partial charge is 0.490 e. The summed E-state index contributed by atoms with van der Waals surface area (Å²) in [5.74, 6) is -0.0625. The summed E-state index contributed by atoms with van der Waals surface area (Å²) in [5.41, 5.74) is 8.28. The monoisotopic (exact) mass is 496 g/mol. The second kappa shape index (κ2) is 8.84. The Labute approximate surface area is 167 Å². The van der Waals surface area contributed by atoms with Gasteiger partial charge in [-0.1, -0.05) is 0 Å². The lowest BCUT2D eigenvalue weighted by molar-refractivity contribution is -0.120. The van der Waals surface area contributed by atoms with Crippen molar-refractivity contribution in [2.75, 3.05) is 18.9 Å². The van der Waals surface area contributed by atoms with E-state index in [2.05, 4.69) is 18.1 Å². The highest BCUT2D eigenvalue weighted by atomic mass is 31.3. The van der Waals surface area contributed by atoms with E-state index in [1.165, 1.54) is 12.3 Å². The molecule has 0 spiro atoms. The van der Waals surface area contributed by atoms with Crippen LogP contribution in [0, 0.1) is 0 Å². The number of aliphatic hydroxyl groups is 1. The average Bonchev–Trinajstić information content (AvgIpc) is 2.86. The van der Waals surface area contributed by atoms with Crippen molar-refractivity contribution in [1.82, 2.24) is 9.55 Å². The highest BCUT2D eigenvalue weighted by Gasteiger charge is 2.50. The molecule has 5 atom stereocenters. The molecule has 1 aromatic rings. The van der Waals surface area contributed by atoms with E-state index in [4.69, 9.17) is 30.9 Å². The number of anilines is 1. The minimum atomic E-state index is -5.72. The quantitative estimate of drug-likeness (QED) is 0.185. The molecule has 1 aromatic heterocycles. The molecule has 2 rings (SSSR count). The second-order valence-electron chi connectivity index (χ2n) is 6.00. The van der Waals surface area contributed by atoms with Gasteiger partial charge in [0.05, 0.1) is 12.7 Å². The van der Waals surface area contributed by atoms with Crippen LogP contribution in [0.4, 0.5) is 5.82 Å². The van der Waals surface area contributed by atoms with Crippen LogP contribution < -0.4 is 17.2 Å². The van der Waals surface area contributed by atoms with E-state index in [9.17, 15) is 28.5 Å². The van der Waals surface area contributed by atoms with Crippen molar-refractivity contribution < 1.29 is 56.3 Å². The molecule has 9 N–H and O–H groups in total. The molecule has 1 fully saturated rings. The Balaban J connectivity index is 2.13. The molecule has 1 aliphatic heterocycles. The van der Waals surface area contributed by atoms with Crippen molar-refractivity contribution in [3.8, 4) is 0 Å². The number of phosphoric ester groups is 1. The molecule has 0 bridgehead atoms. The summed E-state index contributed by atoms with van der Waals surface area (Å²) >= 11 is 0. The Bertz CT molecular complexity index is 980. The Hall–Kier alpha value is -1.03. The first-order chi connectivity index (χ1) is 13.6. The number of aliphatic hydroxyl groups excluding tert-OH is 1. The number of nitrogens with two attached hydrogens (primary N) is 2. The van der Waals surface area contributed by atoms with Gasteiger partial charge in [0.2, 0.25) is 0 Å². The third kappa shape index (κ3) is 6.48. The van der Waals surface area contributed by atoms with E-state index in [1.807, 2.05) is 0 Å². The molecule has 0 radical (unpaired) electrons. The van der Waals surface area contributed by atoms with Crippen LogP contribution in [-0.2, 0) is 31.6 Å². The minimum Gasteiger partial charge on any atom is -0.390 e. The van der Waals surface area contributed by atoms with Gasteiger partial charge in [-0.3, -0.25) is 9.09 Å². The lowest BCUT2D eigenvalue weighted by Gasteiger charge is -2.31. The molecule has 1 saturated heterocycles. The van der Waals surface area contributed by atoms with Crippen LogP contribution >= 0.6 is 23.5 Å². The van der Waals surface area contributed by atoms with Gasteiger partial charge in [0, 0.05) is 19.2 Å². The molecule has 17 nitrogen and oxygen atoms in total. The standard InChI is InChI=1S/C10H19N4O13P3/c11-4-10(5-24-29(20,21)27-30(22,23)26-28(17,18)19)6(15)3-8(25-10)14-2-1-7(12)13-9(14)16/h1-2,6,8,15H,3-5,11H2,(H,20,21)(H,22,23)(H2,12,13,16)(H2,17,18,19)/t6-,8+,10+/m0/s1. The zero-order chi connectivity index (χ0) is 23.0. The average molecular weight is 496 g/mol. The molecular weight excluding hydrogens is 477 g/mol. The Morgan fingerprint density at radius 3 is 2.40 bits per heavy atom. The molecular formula is C10H19N4O13P3. The van der Waals surface area contributed by atoms with E-state index in [-0.39, 0.29) is 12.2 Å². The Morgan fingerprint density at radius 1 is 1.23 bits per heavy atom. The number of aromatic nitrogens is 2. The van der Waals surface area contributed by atoms with Gasteiger partial charge in [-0.15, -0.1) is 0 Å². The number of hydrogen-bond acceptors (Lipinski definition) is 12. The van der Waals surface area contributed by atoms with E-state index in [0.29, 0.717) is 0 Å². The van der Waals surface area contributed by atoms with Gasteiger partial charge in [-0.25, -0.2) is 18.5 Å². The number of hydrogen-bond donors (Lipinski definition) is 7. The smallest absolute Gasteiger partial charge is 0.390 e. The first-order valence-electron chi connectivity index (χ1n) is 7.77. The first kappa shape index (κ1) is 25.2. The fourth-order valence-corrected chi connectivity index (χ4v) is 5.56. The van der Waals surface area contributed by atoms with E-state index in [0.717, 1.165) is 4.57 Å². The topological polar surface area (TPSA) is 276 Å². The fraction of sp³-hybridized carbons (Fsp3) is 0.600. The van der Waals surface area contributed by atoms with Crippen LogP contribution in [0.3, 0.4) is 0 Å². The van der Waals surface area contributed by atoms with Crippen LogP contribution in [0.5, 0.6) is 0 Å². The van der Waals surface area contributed by atoms with Gasteiger partial charge in [0.25, 0.3) is 0 Å². The van der Waals surface area contributed by atoms with Gasteiger partial charge in [0.1, 0.15) is 17.6 Å².